The van der Waals surface area contributed by atoms with Gasteiger partial charge >= 0.3 is 0 Å². The van der Waals surface area contributed by atoms with Crippen molar-refractivity contribution in [2.45, 2.75) is 45.4 Å². The Balaban J connectivity index is 1.72. The smallest absolute Gasteiger partial charge is 0.159 e. The van der Waals surface area contributed by atoms with Gasteiger partial charge in [0.1, 0.15) is 5.78 Å². The molecule has 0 radical (unpaired) electrons. The lowest BCUT2D eigenvalue weighted by Gasteiger charge is -2.49. The number of nitrogens with zero attached hydrogens (tertiary/aromatic N) is 1. The fourth-order valence-electron chi connectivity index (χ4n) is 4.85. The van der Waals surface area contributed by atoms with Gasteiger partial charge in [-0.2, -0.15) is 0 Å². The Labute approximate surface area is 119 Å². The molecular formula is C17H21NO2. The van der Waals surface area contributed by atoms with Gasteiger partial charge < -0.3 is 4.90 Å². The topological polar surface area (TPSA) is 37.4 Å². The molecule has 4 aliphatic rings. The van der Waals surface area contributed by atoms with E-state index in [0.29, 0.717) is 24.0 Å². The molecule has 1 saturated carbocycles. The van der Waals surface area contributed by atoms with Crippen LogP contribution in [0, 0.1) is 17.3 Å². The average molecular weight is 271 g/mol. The van der Waals surface area contributed by atoms with Gasteiger partial charge in [-0.05, 0) is 31.6 Å². The molecule has 2 aliphatic carbocycles. The van der Waals surface area contributed by atoms with E-state index in [9.17, 15) is 9.59 Å². The van der Waals surface area contributed by atoms with Crippen molar-refractivity contribution < 1.29 is 9.59 Å². The lowest BCUT2D eigenvalue weighted by atomic mass is 9.63. The number of rotatable bonds is 0. The van der Waals surface area contributed by atoms with Crippen LogP contribution in [-0.4, -0.2) is 23.0 Å². The number of ketones is 2. The minimum atomic E-state index is -0.110. The van der Waals surface area contributed by atoms with Gasteiger partial charge in [-0.15, -0.1) is 0 Å². The summed E-state index contributed by atoms with van der Waals surface area (Å²) in [5.41, 5.74) is 2.50. The van der Waals surface area contributed by atoms with Crippen molar-refractivity contribution in [3.05, 3.63) is 23.5 Å². The molecule has 0 bridgehead atoms. The van der Waals surface area contributed by atoms with Gasteiger partial charge in [-0.1, -0.05) is 13.0 Å². The molecule has 0 aromatic heterocycles. The molecule has 1 saturated heterocycles. The van der Waals surface area contributed by atoms with Crippen LogP contribution in [0.5, 0.6) is 0 Å². The molecule has 3 nitrogen and oxygen atoms in total. The predicted octanol–water partition coefficient (Wildman–Crippen LogP) is 2.83. The molecule has 3 heteroatoms. The van der Waals surface area contributed by atoms with E-state index in [1.54, 1.807) is 0 Å². The molecule has 0 amide bonds. The molecule has 20 heavy (non-hydrogen) atoms. The zero-order valence-electron chi connectivity index (χ0n) is 12.0. The summed E-state index contributed by atoms with van der Waals surface area (Å²) in [7, 11) is 0. The van der Waals surface area contributed by atoms with Crippen molar-refractivity contribution >= 4 is 11.6 Å². The SMILES string of the molecule is C[C@]12CC=C3C(CCC4=CC(=O)CCN43)C1CCC2=O. The zero-order chi connectivity index (χ0) is 13.9. The van der Waals surface area contributed by atoms with E-state index >= 15 is 0 Å². The third-order valence-electron chi connectivity index (χ3n) is 6.02. The number of hydrogen-bond acceptors (Lipinski definition) is 3. The van der Waals surface area contributed by atoms with Gasteiger partial charge in [0, 0.05) is 48.2 Å². The van der Waals surface area contributed by atoms with Crippen LogP contribution in [0.3, 0.4) is 0 Å². The Morgan fingerprint density at radius 3 is 2.90 bits per heavy atom. The predicted molar refractivity (Wildman–Crippen MR) is 75.7 cm³/mol. The Kier molecular flexibility index (Phi) is 2.51. The molecular weight excluding hydrogens is 250 g/mol. The molecule has 2 fully saturated rings. The summed E-state index contributed by atoms with van der Waals surface area (Å²) in [6, 6.07) is 0. The summed E-state index contributed by atoms with van der Waals surface area (Å²) in [4.78, 5) is 26.2. The number of hydrogen-bond donors (Lipinski definition) is 0. The summed E-state index contributed by atoms with van der Waals surface area (Å²) in [5.74, 6) is 1.79. The number of piperidine rings is 1. The largest absolute Gasteiger partial charge is 0.348 e. The van der Waals surface area contributed by atoms with E-state index < -0.39 is 0 Å². The number of Topliss-reactive ketones (excluding diaryl/α,β-unsaturated/α-hetero) is 1. The molecule has 0 aromatic carbocycles. The van der Waals surface area contributed by atoms with Crippen LogP contribution in [0.25, 0.3) is 0 Å². The molecule has 0 spiro atoms. The second-order valence-corrected chi connectivity index (χ2v) is 6.97. The highest BCUT2D eigenvalue weighted by Crippen LogP contribution is 2.56. The molecule has 4 rings (SSSR count). The van der Waals surface area contributed by atoms with Crippen molar-refractivity contribution in [2.24, 2.45) is 17.3 Å². The van der Waals surface area contributed by atoms with Crippen LogP contribution in [0.4, 0.5) is 0 Å². The van der Waals surface area contributed by atoms with Gasteiger partial charge in [0.05, 0.1) is 0 Å². The molecule has 2 heterocycles. The number of allylic oxidation sites excluding steroid dienone is 4. The molecule has 2 aliphatic heterocycles. The number of carbonyl (C=O) groups is 2. The maximum absolute atomic E-state index is 12.2. The van der Waals surface area contributed by atoms with Crippen LogP contribution in [0.15, 0.2) is 23.5 Å². The minimum Gasteiger partial charge on any atom is -0.348 e. The molecule has 0 N–H and O–H groups in total. The van der Waals surface area contributed by atoms with E-state index in [-0.39, 0.29) is 11.2 Å². The van der Waals surface area contributed by atoms with Gasteiger partial charge in [-0.3, -0.25) is 9.59 Å². The lowest BCUT2D eigenvalue weighted by molar-refractivity contribution is -0.127. The number of fused-ring (bicyclic) bond motifs is 5. The van der Waals surface area contributed by atoms with Crippen molar-refractivity contribution in [1.29, 1.82) is 0 Å². The zero-order valence-corrected chi connectivity index (χ0v) is 12.0. The van der Waals surface area contributed by atoms with Crippen LogP contribution < -0.4 is 0 Å². The second-order valence-electron chi connectivity index (χ2n) is 6.97. The van der Waals surface area contributed by atoms with E-state index in [1.165, 1.54) is 11.4 Å². The van der Waals surface area contributed by atoms with Crippen molar-refractivity contribution in [3.63, 3.8) is 0 Å². The highest BCUT2D eigenvalue weighted by atomic mass is 16.1. The maximum Gasteiger partial charge on any atom is 0.159 e. The third kappa shape index (κ3) is 1.52. The summed E-state index contributed by atoms with van der Waals surface area (Å²) in [6.45, 7) is 3.01. The molecule has 106 valence electrons. The molecule has 3 atom stereocenters. The van der Waals surface area contributed by atoms with Crippen molar-refractivity contribution in [3.8, 4) is 0 Å². The summed E-state index contributed by atoms with van der Waals surface area (Å²) < 4.78 is 0. The standard InChI is InChI=1S/C17H21NO2/c1-17-8-6-15-13(14(17)4-5-16(17)20)3-2-11-10-12(19)7-9-18(11)15/h6,10,13-14H,2-5,7-9H2,1H3/t13?,14?,17-/m0/s1. The normalized spacial score (nSPS) is 39.8. The summed E-state index contributed by atoms with van der Waals surface area (Å²) in [5, 5.41) is 0. The average Bonchev–Trinajstić information content (AvgIpc) is 2.74. The summed E-state index contributed by atoms with van der Waals surface area (Å²) >= 11 is 0. The van der Waals surface area contributed by atoms with Crippen molar-refractivity contribution in [2.75, 3.05) is 6.54 Å². The maximum atomic E-state index is 12.2. The van der Waals surface area contributed by atoms with E-state index in [1.807, 2.05) is 6.08 Å². The third-order valence-corrected chi connectivity index (χ3v) is 6.02. The van der Waals surface area contributed by atoms with Crippen LogP contribution in [0.1, 0.15) is 45.4 Å². The Morgan fingerprint density at radius 1 is 1.20 bits per heavy atom. The van der Waals surface area contributed by atoms with Gasteiger partial charge in [0.2, 0.25) is 0 Å². The van der Waals surface area contributed by atoms with Gasteiger partial charge in [0.25, 0.3) is 0 Å². The van der Waals surface area contributed by atoms with E-state index in [0.717, 1.165) is 38.6 Å². The van der Waals surface area contributed by atoms with E-state index in [4.69, 9.17) is 0 Å². The minimum absolute atomic E-state index is 0.110. The van der Waals surface area contributed by atoms with Gasteiger partial charge in [0.15, 0.2) is 5.78 Å². The van der Waals surface area contributed by atoms with Crippen LogP contribution >= 0.6 is 0 Å². The lowest BCUT2D eigenvalue weighted by Crippen LogP contribution is -2.45. The Morgan fingerprint density at radius 2 is 2.05 bits per heavy atom. The number of carbonyl (C=O) groups excluding carboxylic acids is 2. The summed E-state index contributed by atoms with van der Waals surface area (Å²) in [6.07, 6.45) is 9.59. The van der Waals surface area contributed by atoms with Crippen molar-refractivity contribution in [1.82, 2.24) is 4.90 Å². The Bertz CT molecular complexity index is 559. The van der Waals surface area contributed by atoms with Crippen LogP contribution in [-0.2, 0) is 9.59 Å². The monoisotopic (exact) mass is 271 g/mol. The first-order valence-corrected chi connectivity index (χ1v) is 7.84. The van der Waals surface area contributed by atoms with E-state index in [2.05, 4.69) is 17.9 Å². The first-order valence-electron chi connectivity index (χ1n) is 7.84. The van der Waals surface area contributed by atoms with Gasteiger partial charge in [-0.25, -0.2) is 0 Å². The second kappa shape index (κ2) is 4.06. The molecule has 0 aromatic rings. The highest BCUT2D eigenvalue weighted by Gasteiger charge is 2.53. The highest BCUT2D eigenvalue weighted by molar-refractivity contribution is 5.91. The fourth-order valence-corrected chi connectivity index (χ4v) is 4.85. The Hall–Kier alpha value is -1.38. The fraction of sp³-hybridized carbons (Fsp3) is 0.647. The van der Waals surface area contributed by atoms with Crippen LogP contribution in [0.2, 0.25) is 0 Å². The quantitative estimate of drug-likeness (QED) is 0.680. The molecule has 2 unspecified atom stereocenters. The first-order chi connectivity index (χ1) is 9.59. The first kappa shape index (κ1) is 12.4.